The molecular formula is C13H18N4OS. The largest absolute Gasteiger partial charge is 0.366 e. The van der Waals surface area contributed by atoms with Gasteiger partial charge in [-0.3, -0.25) is 9.89 Å². The average molecular weight is 278 g/mol. The van der Waals surface area contributed by atoms with Crippen LogP contribution in [-0.2, 0) is 13.0 Å². The van der Waals surface area contributed by atoms with Crippen LogP contribution in [0.1, 0.15) is 32.9 Å². The van der Waals surface area contributed by atoms with Gasteiger partial charge in [0.25, 0.3) is 0 Å². The van der Waals surface area contributed by atoms with Gasteiger partial charge in [0, 0.05) is 22.5 Å². The van der Waals surface area contributed by atoms with Gasteiger partial charge < -0.3 is 11.1 Å². The molecule has 0 unspecified atom stereocenters. The number of carbonyl (C=O) groups is 1. The predicted octanol–water partition coefficient (Wildman–Crippen LogP) is 1.60. The second kappa shape index (κ2) is 6.49. The molecule has 102 valence electrons. The third-order valence-corrected chi connectivity index (χ3v) is 3.91. The van der Waals surface area contributed by atoms with E-state index in [0.29, 0.717) is 5.56 Å². The molecule has 0 radical (unpaired) electrons. The highest BCUT2D eigenvalue weighted by Crippen LogP contribution is 2.13. The van der Waals surface area contributed by atoms with Crippen molar-refractivity contribution in [3.8, 4) is 0 Å². The van der Waals surface area contributed by atoms with Crippen molar-refractivity contribution in [3.05, 3.63) is 39.3 Å². The van der Waals surface area contributed by atoms with E-state index in [4.69, 9.17) is 5.73 Å². The first-order valence-electron chi connectivity index (χ1n) is 6.23. The standard InChI is InChI=1S/C13H18N4OS/c1-9-10(6-16-17-9)3-2-4-15-7-12-5-11(8-19-12)13(14)18/h5-6,8,15H,2-4,7H2,1H3,(H2,14,18)(H,16,17). The minimum atomic E-state index is -0.363. The average Bonchev–Trinajstić information content (AvgIpc) is 2.99. The molecule has 0 aliphatic carbocycles. The number of primary amides is 1. The van der Waals surface area contributed by atoms with Gasteiger partial charge in [-0.15, -0.1) is 11.3 Å². The molecule has 0 aliphatic rings. The lowest BCUT2D eigenvalue weighted by atomic mass is 10.1. The number of amides is 1. The van der Waals surface area contributed by atoms with Gasteiger partial charge in [0.15, 0.2) is 0 Å². The van der Waals surface area contributed by atoms with Crippen LogP contribution in [0.2, 0.25) is 0 Å². The van der Waals surface area contributed by atoms with E-state index in [2.05, 4.69) is 15.5 Å². The Morgan fingerprint density at radius 1 is 1.58 bits per heavy atom. The molecule has 0 aromatic carbocycles. The minimum absolute atomic E-state index is 0.363. The summed E-state index contributed by atoms with van der Waals surface area (Å²) in [5.74, 6) is -0.363. The van der Waals surface area contributed by atoms with E-state index >= 15 is 0 Å². The van der Waals surface area contributed by atoms with Crippen LogP contribution in [0, 0.1) is 6.92 Å². The number of aromatic amines is 1. The third kappa shape index (κ3) is 3.90. The quantitative estimate of drug-likeness (QED) is 0.673. The van der Waals surface area contributed by atoms with Crippen molar-refractivity contribution in [1.82, 2.24) is 15.5 Å². The Bertz CT molecular complexity index is 546. The fourth-order valence-electron chi connectivity index (χ4n) is 1.85. The summed E-state index contributed by atoms with van der Waals surface area (Å²) in [6.07, 6.45) is 3.97. The number of thiophene rings is 1. The van der Waals surface area contributed by atoms with Gasteiger partial charge in [-0.1, -0.05) is 0 Å². The second-order valence-electron chi connectivity index (χ2n) is 4.47. The molecule has 2 heterocycles. The topological polar surface area (TPSA) is 83.8 Å². The zero-order valence-corrected chi connectivity index (χ0v) is 11.7. The Labute approximate surface area is 116 Å². The number of nitrogens with one attached hydrogen (secondary N) is 2. The zero-order chi connectivity index (χ0) is 13.7. The highest BCUT2D eigenvalue weighted by molar-refractivity contribution is 7.10. The molecule has 0 bridgehead atoms. The van der Waals surface area contributed by atoms with Crippen molar-refractivity contribution < 1.29 is 4.79 Å². The molecular weight excluding hydrogens is 260 g/mol. The third-order valence-electron chi connectivity index (χ3n) is 2.97. The summed E-state index contributed by atoms with van der Waals surface area (Å²) < 4.78 is 0. The maximum atomic E-state index is 11.0. The normalized spacial score (nSPS) is 10.8. The van der Waals surface area contributed by atoms with Gasteiger partial charge in [-0.2, -0.15) is 5.10 Å². The van der Waals surface area contributed by atoms with Crippen LogP contribution in [0.25, 0.3) is 0 Å². The van der Waals surface area contributed by atoms with Gasteiger partial charge in [0.1, 0.15) is 0 Å². The van der Waals surface area contributed by atoms with E-state index in [1.165, 1.54) is 5.56 Å². The van der Waals surface area contributed by atoms with Gasteiger partial charge in [0.2, 0.25) is 5.91 Å². The molecule has 5 nitrogen and oxygen atoms in total. The van der Waals surface area contributed by atoms with Crippen LogP contribution in [-0.4, -0.2) is 22.6 Å². The van der Waals surface area contributed by atoms with Gasteiger partial charge in [0.05, 0.1) is 11.8 Å². The number of nitrogens with zero attached hydrogens (tertiary/aromatic N) is 1. The fraction of sp³-hybridized carbons (Fsp3) is 0.385. The highest BCUT2D eigenvalue weighted by atomic mass is 32.1. The Kier molecular flexibility index (Phi) is 4.70. The van der Waals surface area contributed by atoms with Crippen molar-refractivity contribution in [2.75, 3.05) is 6.54 Å². The van der Waals surface area contributed by atoms with Crippen molar-refractivity contribution >= 4 is 17.2 Å². The van der Waals surface area contributed by atoms with Gasteiger partial charge in [-0.25, -0.2) is 0 Å². The number of hydrogen-bond acceptors (Lipinski definition) is 4. The summed E-state index contributed by atoms with van der Waals surface area (Å²) in [6.45, 7) is 3.75. The Hall–Kier alpha value is -1.66. The maximum Gasteiger partial charge on any atom is 0.249 e. The molecule has 1 amide bonds. The van der Waals surface area contributed by atoms with Crippen molar-refractivity contribution in [2.45, 2.75) is 26.3 Å². The molecule has 0 fully saturated rings. The molecule has 4 N–H and O–H groups in total. The minimum Gasteiger partial charge on any atom is -0.366 e. The molecule has 2 rings (SSSR count). The van der Waals surface area contributed by atoms with Crippen molar-refractivity contribution in [1.29, 1.82) is 0 Å². The van der Waals surface area contributed by atoms with Crippen LogP contribution >= 0.6 is 11.3 Å². The van der Waals surface area contributed by atoms with E-state index < -0.39 is 0 Å². The Morgan fingerprint density at radius 3 is 3.05 bits per heavy atom. The monoisotopic (exact) mass is 278 g/mol. The fourth-order valence-corrected chi connectivity index (χ4v) is 2.69. The van der Waals surface area contributed by atoms with Crippen LogP contribution in [0.5, 0.6) is 0 Å². The lowest BCUT2D eigenvalue weighted by Gasteiger charge is -2.02. The van der Waals surface area contributed by atoms with Crippen molar-refractivity contribution in [3.63, 3.8) is 0 Å². The summed E-state index contributed by atoms with van der Waals surface area (Å²) in [5, 5.41) is 12.1. The number of carbonyl (C=O) groups excluding carboxylic acids is 1. The first-order chi connectivity index (χ1) is 9.16. The lowest BCUT2D eigenvalue weighted by Crippen LogP contribution is -2.15. The number of rotatable bonds is 7. The molecule has 2 aromatic heterocycles. The summed E-state index contributed by atoms with van der Waals surface area (Å²) in [4.78, 5) is 12.1. The molecule has 0 atom stereocenters. The first kappa shape index (κ1) is 13.8. The Morgan fingerprint density at radius 2 is 2.42 bits per heavy atom. The molecule has 0 saturated heterocycles. The van der Waals surface area contributed by atoms with E-state index in [1.54, 1.807) is 16.7 Å². The van der Waals surface area contributed by atoms with Gasteiger partial charge in [-0.05, 0) is 37.9 Å². The molecule has 0 saturated carbocycles. The zero-order valence-electron chi connectivity index (χ0n) is 10.9. The Balaban J connectivity index is 1.66. The van der Waals surface area contributed by atoms with Crippen LogP contribution in [0.3, 0.4) is 0 Å². The van der Waals surface area contributed by atoms with E-state index in [0.717, 1.165) is 36.5 Å². The first-order valence-corrected chi connectivity index (χ1v) is 7.11. The lowest BCUT2D eigenvalue weighted by molar-refractivity contribution is 0.100. The summed E-state index contributed by atoms with van der Waals surface area (Å²) in [7, 11) is 0. The summed E-state index contributed by atoms with van der Waals surface area (Å²) >= 11 is 1.56. The molecule has 0 spiro atoms. The van der Waals surface area contributed by atoms with Gasteiger partial charge >= 0.3 is 0 Å². The molecule has 0 aliphatic heterocycles. The molecule has 2 aromatic rings. The number of aromatic nitrogens is 2. The van der Waals surface area contributed by atoms with Crippen molar-refractivity contribution in [2.24, 2.45) is 5.73 Å². The van der Waals surface area contributed by atoms with Crippen LogP contribution in [0.4, 0.5) is 0 Å². The van der Waals surface area contributed by atoms with E-state index in [-0.39, 0.29) is 5.91 Å². The van der Waals surface area contributed by atoms with Crippen LogP contribution < -0.4 is 11.1 Å². The smallest absolute Gasteiger partial charge is 0.249 e. The maximum absolute atomic E-state index is 11.0. The number of hydrogen-bond donors (Lipinski definition) is 3. The van der Waals surface area contributed by atoms with E-state index in [9.17, 15) is 4.79 Å². The molecule has 19 heavy (non-hydrogen) atoms. The second-order valence-corrected chi connectivity index (χ2v) is 5.46. The summed E-state index contributed by atoms with van der Waals surface area (Å²) in [5.41, 5.74) is 8.22. The summed E-state index contributed by atoms with van der Waals surface area (Å²) in [6, 6.07) is 1.85. The number of aryl methyl sites for hydroxylation is 2. The highest BCUT2D eigenvalue weighted by Gasteiger charge is 2.04. The number of nitrogens with two attached hydrogens (primary N) is 1. The van der Waals surface area contributed by atoms with E-state index in [1.807, 2.05) is 19.2 Å². The SMILES string of the molecule is Cc1[nH]ncc1CCCNCc1cc(C(N)=O)cs1. The number of H-pyrrole nitrogens is 1. The van der Waals surface area contributed by atoms with Crippen LogP contribution in [0.15, 0.2) is 17.6 Å². The molecule has 6 heteroatoms. The predicted molar refractivity (Wildman–Crippen MR) is 76.2 cm³/mol.